The summed E-state index contributed by atoms with van der Waals surface area (Å²) in [5.41, 5.74) is 0. The average molecular weight is 1720 g/mol. The second-order valence-electron chi connectivity index (χ2n) is 34.2. The molecule has 0 spiro atoms. The number of allylic oxidation sites excluding steroid dienone is 4. The lowest BCUT2D eigenvalue weighted by atomic mass is 9.84. The first-order valence-electron chi connectivity index (χ1n) is 48.1. The van der Waals surface area contributed by atoms with E-state index >= 15 is 0 Å². The summed E-state index contributed by atoms with van der Waals surface area (Å²) in [5, 5.41) is 102. The molecule has 3 aliphatic rings. The van der Waals surface area contributed by atoms with Gasteiger partial charge in [0.25, 0.3) is 0 Å². The average Bonchev–Trinajstić information content (AvgIpc) is 0.754. The van der Waals surface area contributed by atoms with Crippen LogP contribution in [0.2, 0.25) is 0 Å². The van der Waals surface area contributed by atoms with Gasteiger partial charge in [-0.05, 0) is 77.0 Å². The number of aliphatic hydroxyl groups excluding tert-OH is 9. The van der Waals surface area contributed by atoms with E-state index < -0.39 is 162 Å². The Morgan fingerprint density at radius 3 is 1.02 bits per heavy atom. The molecule has 1 saturated carbocycles. The number of phosphoric ester groups is 1. The molecular weight excluding hydrogens is 1550 g/mol. The van der Waals surface area contributed by atoms with Gasteiger partial charge >= 0.3 is 31.7 Å². The van der Waals surface area contributed by atoms with E-state index in [1.54, 1.807) is 0 Å². The first-order valence-corrected chi connectivity index (χ1v) is 49.6. The third-order valence-corrected chi connectivity index (χ3v) is 24.4. The predicted octanol–water partition coefficient (Wildman–Crippen LogP) is 18.1. The third-order valence-electron chi connectivity index (χ3n) is 23.4. The van der Waals surface area contributed by atoms with Crippen molar-refractivity contribution in [2.24, 2.45) is 0 Å². The minimum Gasteiger partial charge on any atom is -0.463 e. The van der Waals surface area contributed by atoms with Gasteiger partial charge in [0.1, 0.15) is 92.6 Å². The summed E-state index contributed by atoms with van der Waals surface area (Å²) in [6.45, 7) is 5.59. The molecule has 119 heavy (non-hydrogen) atoms. The van der Waals surface area contributed by atoms with Crippen molar-refractivity contribution in [3.8, 4) is 0 Å². The summed E-state index contributed by atoms with van der Waals surface area (Å²) < 4.78 is 73.5. The van der Waals surface area contributed by atoms with Gasteiger partial charge in [-0.1, -0.05) is 335 Å². The minimum absolute atomic E-state index is 0.00827. The molecule has 18 unspecified atom stereocenters. The number of unbranched alkanes of at least 4 members (excludes halogenated alkanes) is 50. The molecule has 2 saturated heterocycles. The van der Waals surface area contributed by atoms with Crippen molar-refractivity contribution in [2.45, 2.75) is 517 Å². The molecule has 698 valence electrons. The van der Waals surface area contributed by atoms with E-state index in [4.69, 9.17) is 46.9 Å². The lowest BCUT2D eigenvalue weighted by Crippen LogP contribution is -2.70. The van der Waals surface area contributed by atoms with E-state index in [1.165, 1.54) is 180 Å². The predicted molar refractivity (Wildman–Crippen MR) is 463 cm³/mol. The Balaban J connectivity index is 1.90. The molecule has 2 aliphatic heterocycles. The van der Waals surface area contributed by atoms with Gasteiger partial charge in [0, 0.05) is 25.7 Å². The zero-order valence-corrected chi connectivity index (χ0v) is 75.3. The fraction of sp³-hybridized carbons (Fsp3) is 0.914. The Hall–Kier alpha value is -3.05. The summed E-state index contributed by atoms with van der Waals surface area (Å²) in [7, 11) is -5.81. The monoisotopic (exact) mass is 1720 g/mol. The number of ether oxygens (including phenoxy) is 8. The minimum atomic E-state index is -5.81. The van der Waals surface area contributed by atoms with Crippen LogP contribution < -0.4 is 0 Å². The van der Waals surface area contributed by atoms with E-state index in [-0.39, 0.29) is 32.1 Å². The van der Waals surface area contributed by atoms with Crippen LogP contribution in [0.3, 0.4) is 0 Å². The molecule has 10 N–H and O–H groups in total. The van der Waals surface area contributed by atoms with Crippen LogP contribution in [0.1, 0.15) is 413 Å². The highest BCUT2D eigenvalue weighted by Gasteiger charge is 2.60. The lowest BCUT2D eigenvalue weighted by Gasteiger charge is -2.50. The number of phosphoric acid groups is 1. The van der Waals surface area contributed by atoms with E-state index in [0.29, 0.717) is 32.1 Å². The summed E-state index contributed by atoms with van der Waals surface area (Å²) in [6, 6.07) is 0. The largest absolute Gasteiger partial charge is 0.472 e. The Labute approximate surface area is 717 Å². The van der Waals surface area contributed by atoms with Crippen molar-refractivity contribution in [2.75, 3.05) is 26.4 Å². The first kappa shape index (κ1) is 110. The molecule has 0 bridgehead atoms. The molecule has 26 heteroatoms. The van der Waals surface area contributed by atoms with E-state index in [0.717, 1.165) is 141 Å². The summed E-state index contributed by atoms with van der Waals surface area (Å²) in [6.07, 6.45) is 33.0. The highest BCUT2D eigenvalue weighted by molar-refractivity contribution is 7.47. The molecule has 1 aliphatic carbocycles. The van der Waals surface area contributed by atoms with Gasteiger partial charge < -0.3 is 88.7 Å². The summed E-state index contributed by atoms with van der Waals surface area (Å²) >= 11 is 0. The molecule has 0 aromatic carbocycles. The molecular formula is C93H171O25P. The second kappa shape index (κ2) is 72.0. The van der Waals surface area contributed by atoms with Crippen LogP contribution in [0.4, 0.5) is 0 Å². The number of rotatable bonds is 78. The standard InChI is InChI=1S/C93H171O25P/c1-5-9-13-17-21-25-29-33-36-39-43-45-49-53-57-61-65-76(95)109-70-73(112-78(97)67-63-59-55-51-48-44-40-37-34-30-26-22-18-14-10-6-2)71-111-119(107,108)118-91-89(116-92-86(105)82(101)80(99)74(69-94)113-92)85(104)84(103)88(115-79(98)68-64-60-56-52-47-41-32-28-24-20-16-12-8-4)90(91)117-93-87(106)83(102)81(100)75(114-93)72-110-77(96)66-62-58-54-50-46-42-38-35-31-27-23-19-15-11-7-3/h27,31,41,47,73-75,80-94,99-106H,5-26,28-30,32-40,42-46,48-72H2,1-4H3,(H,107,108)/b31-27-,47-41-. The number of carbonyl (C=O) groups excluding carboxylic acids is 4. The third kappa shape index (κ3) is 52.0. The smallest absolute Gasteiger partial charge is 0.463 e. The Kier molecular flexibility index (Phi) is 66.7. The van der Waals surface area contributed by atoms with Crippen LogP contribution in [-0.2, 0) is 70.7 Å². The first-order chi connectivity index (χ1) is 57.7. The molecule has 0 aromatic heterocycles. The molecule has 3 rings (SSSR count). The Morgan fingerprint density at radius 1 is 0.328 bits per heavy atom. The van der Waals surface area contributed by atoms with Gasteiger partial charge in [-0.2, -0.15) is 0 Å². The SMILES string of the molecule is CCCCCC/C=C\CCCCCCCCCC(=O)OCC1OC(OC2C(OC(=O)CCCCC/C=C\CCCCCCCC)C(O)C(O)C(OC3OC(CO)C(O)C(O)C3O)C2OP(=O)(O)OCC(COC(=O)CCCCCCCCCCCCCCCCCC)OC(=O)CCCCCCCCCCCCCCCCCC)C(O)C(O)C1O. The molecule has 0 amide bonds. The topological polar surface area (TPSA) is 380 Å². The van der Waals surface area contributed by atoms with Crippen molar-refractivity contribution in [3.63, 3.8) is 0 Å². The van der Waals surface area contributed by atoms with Gasteiger partial charge in [-0.15, -0.1) is 0 Å². The summed E-state index contributed by atoms with van der Waals surface area (Å²) in [5.74, 6) is -2.97. The zero-order valence-electron chi connectivity index (χ0n) is 74.4. The highest BCUT2D eigenvalue weighted by Crippen LogP contribution is 2.49. The maximum absolute atomic E-state index is 14.9. The maximum atomic E-state index is 14.9. The molecule has 0 radical (unpaired) electrons. The van der Waals surface area contributed by atoms with E-state index in [9.17, 15) is 74.6 Å². The van der Waals surface area contributed by atoms with Crippen LogP contribution >= 0.6 is 7.82 Å². The van der Waals surface area contributed by atoms with Crippen molar-refractivity contribution in [1.82, 2.24) is 0 Å². The lowest BCUT2D eigenvalue weighted by molar-refractivity contribution is -0.360. The van der Waals surface area contributed by atoms with Crippen molar-refractivity contribution < 1.29 is 122 Å². The quantitative estimate of drug-likeness (QED) is 0.00889. The molecule has 18 atom stereocenters. The van der Waals surface area contributed by atoms with Gasteiger partial charge in [0.2, 0.25) is 0 Å². The van der Waals surface area contributed by atoms with Crippen LogP contribution in [0.5, 0.6) is 0 Å². The highest BCUT2D eigenvalue weighted by atomic mass is 31.2. The molecule has 0 aromatic rings. The van der Waals surface area contributed by atoms with Crippen LogP contribution in [0.25, 0.3) is 0 Å². The number of aliphatic hydroxyl groups is 9. The molecule has 3 fully saturated rings. The van der Waals surface area contributed by atoms with E-state index in [1.807, 2.05) is 0 Å². The zero-order chi connectivity index (χ0) is 86.8. The fourth-order valence-corrected chi connectivity index (χ4v) is 16.7. The summed E-state index contributed by atoms with van der Waals surface area (Å²) in [4.78, 5) is 66.5. The number of esters is 4. The Morgan fingerprint density at radius 2 is 0.630 bits per heavy atom. The normalized spacial score (nSPS) is 24.9. The van der Waals surface area contributed by atoms with Crippen LogP contribution in [0.15, 0.2) is 24.3 Å². The van der Waals surface area contributed by atoms with Crippen LogP contribution in [-0.4, -0.2) is 205 Å². The number of hydrogen-bond donors (Lipinski definition) is 10. The van der Waals surface area contributed by atoms with Crippen molar-refractivity contribution in [1.29, 1.82) is 0 Å². The number of hydrogen-bond acceptors (Lipinski definition) is 24. The van der Waals surface area contributed by atoms with Crippen molar-refractivity contribution >= 4 is 31.7 Å². The molecule has 2 heterocycles. The van der Waals surface area contributed by atoms with Gasteiger partial charge in [-0.25, -0.2) is 4.57 Å². The van der Waals surface area contributed by atoms with E-state index in [2.05, 4.69) is 52.0 Å². The van der Waals surface area contributed by atoms with Crippen molar-refractivity contribution in [3.05, 3.63) is 24.3 Å². The number of carbonyl (C=O) groups is 4. The van der Waals surface area contributed by atoms with Gasteiger partial charge in [0.15, 0.2) is 24.8 Å². The Bertz CT molecular complexity index is 2570. The maximum Gasteiger partial charge on any atom is 0.472 e. The second-order valence-corrected chi connectivity index (χ2v) is 35.6. The van der Waals surface area contributed by atoms with Crippen LogP contribution in [0, 0.1) is 0 Å². The fourth-order valence-electron chi connectivity index (χ4n) is 15.8. The van der Waals surface area contributed by atoms with Gasteiger partial charge in [0.05, 0.1) is 13.2 Å². The molecule has 25 nitrogen and oxygen atoms in total. The van der Waals surface area contributed by atoms with Gasteiger partial charge in [-0.3, -0.25) is 28.2 Å².